The molecule has 0 aromatic rings. The van der Waals surface area contributed by atoms with Crippen molar-refractivity contribution in [3.63, 3.8) is 0 Å². The highest BCUT2D eigenvalue weighted by Gasteiger charge is 2.64. The van der Waals surface area contributed by atoms with Crippen molar-refractivity contribution >= 4 is 11.6 Å². The SMILES string of the molecule is CC1C[C@H]2[C@@H]3C=C(F)C4=CC(=O)CC[C@]4(C)[C@H]3C(O)C[C@]2(C)[C@H]1C(=O)CO. The molecule has 2 unspecified atom stereocenters. The molecule has 2 saturated carbocycles. The van der Waals surface area contributed by atoms with Crippen LogP contribution in [-0.4, -0.2) is 34.5 Å². The first kappa shape index (κ1) is 19.0. The maximum Gasteiger partial charge on any atom is 0.162 e. The van der Waals surface area contributed by atoms with E-state index in [1.807, 2.05) is 20.8 Å². The van der Waals surface area contributed by atoms with Gasteiger partial charge in [-0.15, -0.1) is 0 Å². The summed E-state index contributed by atoms with van der Waals surface area (Å²) in [6.45, 7) is 5.55. The lowest BCUT2D eigenvalue weighted by Gasteiger charge is -2.57. The lowest BCUT2D eigenvalue weighted by molar-refractivity contribution is -0.140. The molecule has 0 radical (unpaired) electrons. The van der Waals surface area contributed by atoms with Gasteiger partial charge in [-0.25, -0.2) is 4.39 Å². The number of hydrogen-bond acceptors (Lipinski definition) is 4. The summed E-state index contributed by atoms with van der Waals surface area (Å²) in [6.07, 6.45) is 4.58. The van der Waals surface area contributed by atoms with Gasteiger partial charge in [0.05, 0.1) is 6.10 Å². The minimum atomic E-state index is -0.665. The van der Waals surface area contributed by atoms with Crippen molar-refractivity contribution in [3.8, 4) is 0 Å². The fraction of sp³-hybridized carbons (Fsp3) is 0.727. The van der Waals surface area contributed by atoms with Gasteiger partial charge < -0.3 is 10.2 Å². The Morgan fingerprint density at radius 3 is 2.74 bits per heavy atom. The third-order valence-corrected chi connectivity index (χ3v) is 8.34. The van der Waals surface area contributed by atoms with Crippen molar-refractivity contribution in [2.24, 2.45) is 40.4 Å². The molecule has 27 heavy (non-hydrogen) atoms. The Bertz CT molecular complexity index is 755. The summed E-state index contributed by atoms with van der Waals surface area (Å²) < 4.78 is 15.1. The van der Waals surface area contributed by atoms with E-state index < -0.39 is 23.5 Å². The molecule has 4 nitrogen and oxygen atoms in total. The van der Waals surface area contributed by atoms with Gasteiger partial charge in [0, 0.05) is 23.7 Å². The first-order valence-corrected chi connectivity index (χ1v) is 10.1. The van der Waals surface area contributed by atoms with Crippen molar-refractivity contribution in [1.29, 1.82) is 0 Å². The van der Waals surface area contributed by atoms with E-state index in [1.54, 1.807) is 6.08 Å². The minimum Gasteiger partial charge on any atom is -0.393 e. The molecule has 4 aliphatic carbocycles. The third kappa shape index (κ3) is 2.47. The number of ketones is 2. The molecule has 4 aliphatic rings. The van der Waals surface area contributed by atoms with Gasteiger partial charge in [0.2, 0.25) is 0 Å². The Morgan fingerprint density at radius 2 is 2.07 bits per heavy atom. The first-order chi connectivity index (χ1) is 12.6. The number of Topliss-reactive ketones (excluding diaryl/α,β-unsaturated/α-hetero) is 1. The van der Waals surface area contributed by atoms with Crippen molar-refractivity contribution in [3.05, 3.63) is 23.6 Å². The summed E-state index contributed by atoms with van der Waals surface area (Å²) in [4.78, 5) is 24.4. The molecule has 0 aromatic heterocycles. The number of aliphatic hydroxyl groups excluding tert-OH is 2. The van der Waals surface area contributed by atoms with Crippen molar-refractivity contribution in [2.75, 3.05) is 6.61 Å². The van der Waals surface area contributed by atoms with Crippen LogP contribution >= 0.6 is 0 Å². The number of rotatable bonds is 2. The van der Waals surface area contributed by atoms with E-state index in [0.717, 1.165) is 6.42 Å². The number of allylic oxidation sites excluding steroid dienone is 4. The summed E-state index contributed by atoms with van der Waals surface area (Å²) in [6, 6.07) is 0. The van der Waals surface area contributed by atoms with Crippen LogP contribution < -0.4 is 0 Å². The molecule has 2 fully saturated rings. The van der Waals surface area contributed by atoms with Crippen LogP contribution in [-0.2, 0) is 9.59 Å². The highest BCUT2D eigenvalue weighted by atomic mass is 19.1. The van der Waals surface area contributed by atoms with Gasteiger partial charge in [-0.2, -0.15) is 0 Å². The van der Waals surface area contributed by atoms with E-state index in [1.165, 1.54) is 6.08 Å². The molecule has 4 rings (SSSR count). The van der Waals surface area contributed by atoms with Crippen molar-refractivity contribution < 1.29 is 24.2 Å². The van der Waals surface area contributed by atoms with E-state index in [-0.39, 0.29) is 47.0 Å². The molecule has 0 bridgehead atoms. The normalized spacial score (nSPS) is 48.9. The molecule has 5 heteroatoms. The Labute approximate surface area is 159 Å². The molecule has 0 heterocycles. The van der Waals surface area contributed by atoms with Crippen LogP contribution in [0.25, 0.3) is 0 Å². The van der Waals surface area contributed by atoms with E-state index in [0.29, 0.717) is 24.8 Å². The zero-order valence-electron chi connectivity index (χ0n) is 16.2. The number of carbonyl (C=O) groups excluding carboxylic acids is 2. The molecule has 148 valence electrons. The van der Waals surface area contributed by atoms with E-state index in [9.17, 15) is 19.8 Å². The maximum atomic E-state index is 15.1. The molecular formula is C22H29FO4. The van der Waals surface area contributed by atoms with Gasteiger partial charge in [0.1, 0.15) is 12.4 Å². The van der Waals surface area contributed by atoms with Crippen LogP contribution in [0.2, 0.25) is 0 Å². The molecular weight excluding hydrogens is 347 g/mol. The maximum absolute atomic E-state index is 15.1. The standard InChI is InChI=1S/C22H29FO4/c1-11-6-14-13-8-16(23)15-7-12(25)4-5-21(15,2)20(13)17(26)9-22(14,3)19(11)18(27)10-24/h7-8,11,13-14,17,19-20,24,26H,4-6,9-10H2,1-3H3/t11?,13-,14-,17?,19+,20+,21-,22-/m0/s1. The quantitative estimate of drug-likeness (QED) is 0.777. The Hall–Kier alpha value is -1.33. The summed E-state index contributed by atoms with van der Waals surface area (Å²) in [5.74, 6) is -0.998. The predicted octanol–water partition coefficient (Wildman–Crippen LogP) is 2.99. The number of halogens is 1. The average Bonchev–Trinajstić information content (AvgIpc) is 2.85. The second-order valence-corrected chi connectivity index (χ2v) is 9.76. The second kappa shape index (κ2) is 6.08. The van der Waals surface area contributed by atoms with Gasteiger partial charge in [-0.1, -0.05) is 20.8 Å². The number of hydrogen-bond donors (Lipinski definition) is 2. The molecule has 0 aromatic carbocycles. The van der Waals surface area contributed by atoms with Gasteiger partial charge >= 0.3 is 0 Å². The van der Waals surface area contributed by atoms with Crippen LogP contribution in [0.15, 0.2) is 23.6 Å². The monoisotopic (exact) mass is 376 g/mol. The van der Waals surface area contributed by atoms with Crippen molar-refractivity contribution in [1.82, 2.24) is 0 Å². The Balaban J connectivity index is 1.82. The van der Waals surface area contributed by atoms with Gasteiger partial charge in [-0.05, 0) is 60.2 Å². The Morgan fingerprint density at radius 1 is 1.37 bits per heavy atom. The lowest BCUT2D eigenvalue weighted by Crippen LogP contribution is -2.56. The molecule has 2 N–H and O–H groups in total. The summed E-state index contributed by atoms with van der Waals surface area (Å²) in [7, 11) is 0. The topological polar surface area (TPSA) is 74.6 Å². The zero-order valence-corrected chi connectivity index (χ0v) is 16.2. The van der Waals surface area contributed by atoms with Crippen molar-refractivity contribution in [2.45, 2.75) is 52.6 Å². The summed E-state index contributed by atoms with van der Waals surface area (Å²) in [5, 5.41) is 20.6. The van der Waals surface area contributed by atoms with E-state index >= 15 is 4.39 Å². The summed E-state index contributed by atoms with van der Waals surface area (Å²) in [5.41, 5.74) is -0.559. The molecule has 0 amide bonds. The van der Waals surface area contributed by atoms with Crippen LogP contribution in [0.4, 0.5) is 4.39 Å². The number of aliphatic hydroxyl groups is 2. The highest BCUT2D eigenvalue weighted by Crippen LogP contribution is 2.67. The average molecular weight is 376 g/mol. The lowest BCUT2D eigenvalue weighted by atomic mass is 9.47. The minimum absolute atomic E-state index is 0.0530. The third-order valence-electron chi connectivity index (χ3n) is 8.34. The van der Waals surface area contributed by atoms with Crippen LogP contribution in [0.5, 0.6) is 0 Å². The predicted molar refractivity (Wildman–Crippen MR) is 98.2 cm³/mol. The second-order valence-electron chi connectivity index (χ2n) is 9.76. The highest BCUT2D eigenvalue weighted by molar-refractivity contribution is 5.92. The smallest absolute Gasteiger partial charge is 0.162 e. The van der Waals surface area contributed by atoms with E-state index in [2.05, 4.69) is 0 Å². The number of carbonyl (C=O) groups is 2. The number of fused-ring (bicyclic) bond motifs is 5. The van der Waals surface area contributed by atoms with E-state index in [4.69, 9.17) is 0 Å². The fourth-order valence-electron chi connectivity index (χ4n) is 7.36. The Kier molecular flexibility index (Phi) is 4.28. The van der Waals surface area contributed by atoms with Crippen LogP contribution in [0.3, 0.4) is 0 Å². The molecule has 0 spiro atoms. The summed E-state index contributed by atoms with van der Waals surface area (Å²) >= 11 is 0. The zero-order chi connectivity index (χ0) is 19.7. The molecule has 8 atom stereocenters. The molecule has 0 aliphatic heterocycles. The van der Waals surface area contributed by atoms with Gasteiger partial charge in [0.15, 0.2) is 11.6 Å². The van der Waals surface area contributed by atoms with Gasteiger partial charge in [0.25, 0.3) is 0 Å². The first-order valence-electron chi connectivity index (χ1n) is 10.1. The fourth-order valence-corrected chi connectivity index (χ4v) is 7.36. The van der Waals surface area contributed by atoms with Gasteiger partial charge in [-0.3, -0.25) is 9.59 Å². The van der Waals surface area contributed by atoms with Crippen LogP contribution in [0, 0.1) is 40.4 Å². The van der Waals surface area contributed by atoms with Crippen LogP contribution in [0.1, 0.15) is 46.5 Å². The largest absolute Gasteiger partial charge is 0.393 e. The molecule has 0 saturated heterocycles.